The molecule has 0 spiro atoms. The number of nitrogens with two attached hydrogens (primary N) is 1. The molecule has 1 aromatic rings. The van der Waals surface area contributed by atoms with Crippen LogP contribution in [0.15, 0.2) is 17.1 Å². The van der Waals surface area contributed by atoms with Gasteiger partial charge >= 0.3 is 0 Å². The number of hydrogen-bond acceptors (Lipinski definition) is 4. The average molecular weight is 328 g/mol. The number of guanidine groups is 1. The number of rotatable bonds is 5. The van der Waals surface area contributed by atoms with Crippen LogP contribution in [0.4, 0.5) is 0 Å². The van der Waals surface area contributed by atoms with Crippen molar-refractivity contribution < 1.29 is 14.2 Å². The quantitative estimate of drug-likeness (QED) is 0.660. The van der Waals surface area contributed by atoms with Crippen molar-refractivity contribution in [1.82, 2.24) is 4.90 Å². The molecule has 22 heavy (non-hydrogen) atoms. The molecule has 6 nitrogen and oxygen atoms in total. The lowest BCUT2D eigenvalue weighted by Crippen LogP contribution is -2.44. The maximum absolute atomic E-state index is 6.24. The fourth-order valence-electron chi connectivity index (χ4n) is 2.21. The van der Waals surface area contributed by atoms with Crippen molar-refractivity contribution >= 4 is 17.6 Å². The van der Waals surface area contributed by atoms with Crippen LogP contribution in [0.1, 0.15) is 12.5 Å². The van der Waals surface area contributed by atoms with E-state index in [4.69, 9.17) is 31.5 Å². The normalized spacial score (nSPS) is 15.8. The molecular formula is C15H22ClN3O3. The number of hydrogen-bond donors (Lipinski definition) is 1. The molecule has 7 heteroatoms. The Morgan fingerprint density at radius 1 is 1.41 bits per heavy atom. The topological polar surface area (TPSA) is 69.3 Å². The monoisotopic (exact) mass is 327 g/mol. The smallest absolute Gasteiger partial charge is 0.191 e. The Balaban J connectivity index is 2.10. The van der Waals surface area contributed by atoms with Crippen molar-refractivity contribution in [3.63, 3.8) is 0 Å². The van der Waals surface area contributed by atoms with Gasteiger partial charge in [0.1, 0.15) is 0 Å². The maximum Gasteiger partial charge on any atom is 0.191 e. The number of benzene rings is 1. The van der Waals surface area contributed by atoms with Crippen LogP contribution >= 0.6 is 11.6 Å². The number of halogens is 1. The van der Waals surface area contributed by atoms with E-state index in [1.807, 2.05) is 24.0 Å². The lowest BCUT2D eigenvalue weighted by atomic mass is 10.2. The Morgan fingerprint density at radius 3 is 2.77 bits per heavy atom. The van der Waals surface area contributed by atoms with E-state index in [1.54, 1.807) is 7.11 Å². The highest BCUT2D eigenvalue weighted by Gasteiger charge is 2.14. The largest absolute Gasteiger partial charge is 0.493 e. The molecule has 0 aromatic heterocycles. The molecule has 2 N–H and O–H groups in total. The highest BCUT2D eigenvalue weighted by atomic mass is 35.5. The summed E-state index contributed by atoms with van der Waals surface area (Å²) in [4.78, 5) is 6.43. The maximum atomic E-state index is 6.24. The molecule has 0 amide bonds. The summed E-state index contributed by atoms with van der Waals surface area (Å²) in [5.41, 5.74) is 6.93. The third-order valence-corrected chi connectivity index (χ3v) is 3.62. The van der Waals surface area contributed by atoms with E-state index in [0.29, 0.717) is 48.8 Å². The first kappa shape index (κ1) is 16.7. The summed E-state index contributed by atoms with van der Waals surface area (Å²) in [6.07, 6.45) is 0. The fourth-order valence-corrected chi connectivity index (χ4v) is 2.50. The minimum absolute atomic E-state index is 0.436. The predicted octanol–water partition coefficient (Wildman–Crippen LogP) is 1.89. The van der Waals surface area contributed by atoms with Crippen molar-refractivity contribution in [3.05, 3.63) is 22.7 Å². The molecule has 0 saturated carbocycles. The second kappa shape index (κ2) is 8.10. The summed E-state index contributed by atoms with van der Waals surface area (Å²) in [6, 6.07) is 3.69. The van der Waals surface area contributed by atoms with Gasteiger partial charge in [-0.05, 0) is 24.6 Å². The Kier molecular flexibility index (Phi) is 6.15. The van der Waals surface area contributed by atoms with Gasteiger partial charge in [0, 0.05) is 13.1 Å². The molecule has 1 fully saturated rings. The first-order valence-electron chi connectivity index (χ1n) is 7.27. The Bertz CT molecular complexity index is 531. The second-order valence-corrected chi connectivity index (χ2v) is 5.22. The highest BCUT2D eigenvalue weighted by molar-refractivity contribution is 6.32. The van der Waals surface area contributed by atoms with Crippen molar-refractivity contribution in [3.8, 4) is 11.5 Å². The zero-order chi connectivity index (χ0) is 15.9. The summed E-state index contributed by atoms with van der Waals surface area (Å²) in [6.45, 7) is 5.75. The van der Waals surface area contributed by atoms with E-state index in [-0.39, 0.29) is 0 Å². The van der Waals surface area contributed by atoms with Gasteiger partial charge in [0.2, 0.25) is 0 Å². The van der Waals surface area contributed by atoms with Gasteiger partial charge < -0.3 is 24.8 Å². The predicted molar refractivity (Wildman–Crippen MR) is 86.9 cm³/mol. The van der Waals surface area contributed by atoms with Crippen LogP contribution in [-0.4, -0.2) is 50.9 Å². The number of morpholine rings is 1. The Morgan fingerprint density at radius 2 is 2.14 bits per heavy atom. The summed E-state index contributed by atoms with van der Waals surface area (Å²) in [7, 11) is 1.59. The molecule has 2 rings (SSSR count). The minimum Gasteiger partial charge on any atom is -0.493 e. The van der Waals surface area contributed by atoms with Crippen LogP contribution < -0.4 is 15.2 Å². The molecular weight excluding hydrogens is 306 g/mol. The van der Waals surface area contributed by atoms with Gasteiger partial charge in [-0.15, -0.1) is 0 Å². The molecule has 122 valence electrons. The number of nitrogens with zero attached hydrogens (tertiary/aromatic N) is 2. The van der Waals surface area contributed by atoms with Gasteiger partial charge in [-0.2, -0.15) is 0 Å². The summed E-state index contributed by atoms with van der Waals surface area (Å²) < 4.78 is 16.1. The van der Waals surface area contributed by atoms with Gasteiger partial charge in [0.25, 0.3) is 0 Å². The minimum atomic E-state index is 0.436. The van der Waals surface area contributed by atoms with Crippen molar-refractivity contribution in [2.45, 2.75) is 13.5 Å². The van der Waals surface area contributed by atoms with Gasteiger partial charge in [-0.3, -0.25) is 0 Å². The van der Waals surface area contributed by atoms with Crippen LogP contribution in [0.25, 0.3) is 0 Å². The summed E-state index contributed by atoms with van der Waals surface area (Å²) in [5, 5.41) is 0.511. The highest BCUT2D eigenvalue weighted by Crippen LogP contribution is 2.36. The van der Waals surface area contributed by atoms with Crippen molar-refractivity contribution in [2.75, 3.05) is 40.0 Å². The number of aliphatic imine (C=N–C) groups is 1. The van der Waals surface area contributed by atoms with E-state index in [1.165, 1.54) is 0 Å². The fraction of sp³-hybridized carbons (Fsp3) is 0.533. The third-order valence-electron chi connectivity index (χ3n) is 3.34. The van der Waals surface area contributed by atoms with Gasteiger partial charge in [0.15, 0.2) is 17.5 Å². The molecule has 1 saturated heterocycles. The van der Waals surface area contributed by atoms with E-state index in [2.05, 4.69) is 4.99 Å². The molecule has 1 heterocycles. The van der Waals surface area contributed by atoms with Gasteiger partial charge in [0.05, 0.1) is 38.5 Å². The van der Waals surface area contributed by atoms with Crippen LogP contribution in [0.2, 0.25) is 5.02 Å². The van der Waals surface area contributed by atoms with Crippen LogP contribution in [0, 0.1) is 0 Å². The Labute approximate surface area is 135 Å². The molecule has 0 aliphatic carbocycles. The van der Waals surface area contributed by atoms with Crippen molar-refractivity contribution in [2.24, 2.45) is 10.7 Å². The van der Waals surface area contributed by atoms with E-state index >= 15 is 0 Å². The second-order valence-electron chi connectivity index (χ2n) is 4.82. The molecule has 1 aromatic carbocycles. The third kappa shape index (κ3) is 4.18. The average Bonchev–Trinajstić information content (AvgIpc) is 2.55. The zero-order valence-electron chi connectivity index (χ0n) is 13.0. The van der Waals surface area contributed by atoms with E-state index < -0.39 is 0 Å². The van der Waals surface area contributed by atoms with Gasteiger partial charge in [-0.1, -0.05) is 11.6 Å². The molecule has 0 radical (unpaired) electrons. The lowest BCUT2D eigenvalue weighted by Gasteiger charge is -2.27. The molecule has 0 bridgehead atoms. The number of ether oxygens (including phenoxy) is 3. The molecule has 0 atom stereocenters. The van der Waals surface area contributed by atoms with Crippen LogP contribution in [0.5, 0.6) is 11.5 Å². The van der Waals surface area contributed by atoms with E-state index in [9.17, 15) is 0 Å². The van der Waals surface area contributed by atoms with Gasteiger partial charge in [-0.25, -0.2) is 4.99 Å². The Hall–Kier alpha value is -1.66. The van der Waals surface area contributed by atoms with Crippen LogP contribution in [-0.2, 0) is 11.3 Å². The number of methoxy groups -OCH3 is 1. The summed E-state index contributed by atoms with van der Waals surface area (Å²) >= 11 is 6.24. The first-order chi connectivity index (χ1) is 10.7. The van der Waals surface area contributed by atoms with E-state index in [0.717, 1.165) is 18.7 Å². The standard InChI is InChI=1S/C15H22ClN3O3/c1-3-22-14-12(16)8-11(9-13(14)20-2)10-18-15(17)19-4-6-21-7-5-19/h8-9H,3-7,10H2,1-2H3,(H2,17,18). The SMILES string of the molecule is CCOc1c(Cl)cc(CN=C(N)N2CCOCC2)cc1OC. The molecule has 1 aliphatic rings. The first-order valence-corrected chi connectivity index (χ1v) is 7.65. The lowest BCUT2D eigenvalue weighted by molar-refractivity contribution is 0.0674. The molecule has 0 unspecified atom stereocenters. The van der Waals surface area contributed by atoms with Crippen molar-refractivity contribution in [1.29, 1.82) is 0 Å². The van der Waals surface area contributed by atoms with Crippen LogP contribution in [0.3, 0.4) is 0 Å². The summed E-state index contributed by atoms with van der Waals surface area (Å²) in [5.74, 6) is 1.68. The molecule has 1 aliphatic heterocycles. The zero-order valence-corrected chi connectivity index (χ0v) is 13.7.